The molecule has 1 heterocycles. The van der Waals surface area contributed by atoms with Crippen LogP contribution in [-0.4, -0.2) is 59.4 Å². The Labute approximate surface area is 150 Å². The topological polar surface area (TPSA) is 77.9 Å². The van der Waals surface area contributed by atoms with Gasteiger partial charge in [0.15, 0.2) is 0 Å². The first-order chi connectivity index (χ1) is 11.7. The van der Waals surface area contributed by atoms with Gasteiger partial charge in [0.05, 0.1) is 12.5 Å². The lowest BCUT2D eigenvalue weighted by Gasteiger charge is -2.35. The average Bonchev–Trinajstić information content (AvgIpc) is 2.56. The van der Waals surface area contributed by atoms with Crippen LogP contribution in [0.5, 0.6) is 0 Å². The molecule has 1 aliphatic carbocycles. The van der Waals surface area contributed by atoms with Crippen LogP contribution in [0.25, 0.3) is 0 Å². The van der Waals surface area contributed by atoms with Gasteiger partial charge in [0.25, 0.3) is 0 Å². The van der Waals surface area contributed by atoms with Crippen molar-refractivity contribution in [2.45, 2.75) is 58.8 Å². The van der Waals surface area contributed by atoms with E-state index in [1.54, 1.807) is 11.9 Å². The summed E-state index contributed by atoms with van der Waals surface area (Å²) in [5, 5.41) is 9.12. The molecule has 1 saturated heterocycles. The van der Waals surface area contributed by atoms with Crippen molar-refractivity contribution >= 4 is 17.8 Å². The molecular weight excluding hydrogens is 320 g/mol. The van der Waals surface area contributed by atoms with Crippen LogP contribution in [0, 0.1) is 17.3 Å². The van der Waals surface area contributed by atoms with E-state index < -0.39 is 11.9 Å². The second kappa shape index (κ2) is 8.19. The van der Waals surface area contributed by atoms with Gasteiger partial charge in [0, 0.05) is 26.6 Å². The number of aliphatic carboxylic acids is 1. The fourth-order valence-corrected chi connectivity index (χ4v) is 3.86. The van der Waals surface area contributed by atoms with E-state index in [4.69, 9.17) is 5.11 Å². The Morgan fingerprint density at radius 1 is 1.16 bits per heavy atom. The van der Waals surface area contributed by atoms with Gasteiger partial charge >= 0.3 is 5.97 Å². The zero-order valence-corrected chi connectivity index (χ0v) is 15.8. The normalized spacial score (nSPS) is 24.0. The molecule has 1 saturated carbocycles. The molecule has 0 aromatic carbocycles. The van der Waals surface area contributed by atoms with Crippen LogP contribution in [0.1, 0.15) is 58.8 Å². The third-order valence-corrected chi connectivity index (χ3v) is 5.84. The quantitative estimate of drug-likeness (QED) is 0.824. The number of carbonyl (C=O) groups excluding carboxylic acids is 2. The summed E-state index contributed by atoms with van der Waals surface area (Å²) in [7, 11) is 1.67. The molecule has 1 atom stereocenters. The molecule has 6 nitrogen and oxygen atoms in total. The smallest absolute Gasteiger partial charge is 0.308 e. The van der Waals surface area contributed by atoms with Gasteiger partial charge in [0.1, 0.15) is 0 Å². The number of carbonyl (C=O) groups is 3. The fourth-order valence-electron chi connectivity index (χ4n) is 3.86. The maximum Gasteiger partial charge on any atom is 0.308 e. The highest BCUT2D eigenvalue weighted by Crippen LogP contribution is 2.39. The van der Waals surface area contributed by atoms with E-state index >= 15 is 0 Å². The van der Waals surface area contributed by atoms with E-state index in [0.717, 1.165) is 25.7 Å². The number of piperidine rings is 1. The Morgan fingerprint density at radius 2 is 1.80 bits per heavy atom. The lowest BCUT2D eigenvalue weighted by atomic mass is 9.72. The van der Waals surface area contributed by atoms with E-state index in [-0.39, 0.29) is 24.9 Å². The molecule has 0 bridgehead atoms. The van der Waals surface area contributed by atoms with Crippen LogP contribution in [0.3, 0.4) is 0 Å². The molecule has 2 fully saturated rings. The van der Waals surface area contributed by atoms with Crippen LogP contribution in [0.4, 0.5) is 0 Å². The molecule has 1 aliphatic heterocycles. The highest BCUT2D eigenvalue weighted by atomic mass is 16.4. The number of carboxylic acids is 1. The zero-order chi connectivity index (χ0) is 18.6. The van der Waals surface area contributed by atoms with Gasteiger partial charge in [-0.25, -0.2) is 0 Å². The largest absolute Gasteiger partial charge is 0.481 e. The van der Waals surface area contributed by atoms with Crippen molar-refractivity contribution in [3.8, 4) is 0 Å². The predicted octanol–water partition coefficient (Wildman–Crippen LogP) is 2.37. The second-order valence-electron chi connectivity index (χ2n) is 8.58. The van der Waals surface area contributed by atoms with Gasteiger partial charge in [-0.15, -0.1) is 0 Å². The Kier molecular flexibility index (Phi) is 6.47. The number of likely N-dealkylation sites (tertiary alicyclic amines) is 1. The summed E-state index contributed by atoms with van der Waals surface area (Å²) in [5.74, 6) is -1.03. The minimum atomic E-state index is -0.845. The summed E-state index contributed by atoms with van der Waals surface area (Å²) in [6, 6.07) is 0. The number of amides is 2. The number of hydrogen-bond acceptors (Lipinski definition) is 3. The van der Waals surface area contributed by atoms with Crippen LogP contribution in [0.15, 0.2) is 0 Å². The van der Waals surface area contributed by atoms with Crippen molar-refractivity contribution in [3.05, 3.63) is 0 Å². The van der Waals surface area contributed by atoms with E-state index in [9.17, 15) is 14.4 Å². The molecule has 0 radical (unpaired) electrons. The van der Waals surface area contributed by atoms with Crippen molar-refractivity contribution in [3.63, 3.8) is 0 Å². The Hall–Kier alpha value is -1.59. The van der Waals surface area contributed by atoms with Gasteiger partial charge in [-0.1, -0.05) is 13.8 Å². The van der Waals surface area contributed by atoms with Crippen molar-refractivity contribution in [2.24, 2.45) is 17.3 Å². The van der Waals surface area contributed by atoms with Crippen LogP contribution >= 0.6 is 0 Å². The molecule has 2 aliphatic rings. The van der Waals surface area contributed by atoms with E-state index in [0.29, 0.717) is 37.1 Å². The first kappa shape index (κ1) is 19.7. The molecule has 2 amide bonds. The Bertz CT molecular complexity index is 508. The Morgan fingerprint density at radius 3 is 2.40 bits per heavy atom. The van der Waals surface area contributed by atoms with Crippen molar-refractivity contribution in [1.29, 1.82) is 0 Å². The van der Waals surface area contributed by atoms with Gasteiger partial charge in [0.2, 0.25) is 11.8 Å². The highest BCUT2D eigenvalue weighted by molar-refractivity contribution is 5.85. The number of likely N-dealkylation sites (N-methyl/N-ethyl adjacent to an activating group) is 1. The SMILES string of the molecule is CN(CC(=O)N1CCCC(C(=O)O)C1)C(=O)CC1CCC(C)(C)CC1. The van der Waals surface area contributed by atoms with Gasteiger partial charge in [-0.3, -0.25) is 14.4 Å². The first-order valence-corrected chi connectivity index (χ1v) is 9.42. The van der Waals surface area contributed by atoms with Crippen molar-refractivity contribution in [1.82, 2.24) is 9.80 Å². The van der Waals surface area contributed by atoms with Crippen LogP contribution < -0.4 is 0 Å². The van der Waals surface area contributed by atoms with Crippen molar-refractivity contribution < 1.29 is 19.5 Å². The minimum absolute atomic E-state index is 0.0184. The molecule has 142 valence electrons. The summed E-state index contributed by atoms with van der Waals surface area (Å²) in [6.45, 7) is 5.44. The molecule has 0 spiro atoms. The van der Waals surface area contributed by atoms with E-state index in [1.165, 1.54) is 4.90 Å². The first-order valence-electron chi connectivity index (χ1n) is 9.42. The number of rotatable bonds is 5. The average molecular weight is 352 g/mol. The molecule has 0 aromatic rings. The fraction of sp³-hybridized carbons (Fsp3) is 0.842. The molecule has 25 heavy (non-hydrogen) atoms. The second-order valence-corrected chi connectivity index (χ2v) is 8.58. The molecule has 2 rings (SSSR count). The van der Waals surface area contributed by atoms with Gasteiger partial charge < -0.3 is 14.9 Å². The molecule has 6 heteroatoms. The monoisotopic (exact) mass is 352 g/mol. The van der Waals surface area contributed by atoms with Crippen molar-refractivity contribution in [2.75, 3.05) is 26.7 Å². The molecule has 0 aromatic heterocycles. The van der Waals surface area contributed by atoms with E-state index in [2.05, 4.69) is 13.8 Å². The zero-order valence-electron chi connectivity index (χ0n) is 15.8. The summed E-state index contributed by atoms with van der Waals surface area (Å²) < 4.78 is 0. The van der Waals surface area contributed by atoms with Gasteiger partial charge in [-0.05, 0) is 49.9 Å². The maximum atomic E-state index is 12.4. The maximum absolute atomic E-state index is 12.4. The number of carboxylic acid groups (broad SMARTS) is 1. The Balaban J connectivity index is 1.78. The number of nitrogens with zero attached hydrogens (tertiary/aromatic N) is 2. The lowest BCUT2D eigenvalue weighted by molar-refractivity contribution is -0.147. The highest BCUT2D eigenvalue weighted by Gasteiger charge is 2.31. The summed E-state index contributed by atoms with van der Waals surface area (Å²) in [6.07, 6.45) is 6.29. The third kappa shape index (κ3) is 5.72. The standard InChI is InChI=1S/C19H32N2O4/c1-19(2)8-6-14(7-9-19)11-16(22)20(3)13-17(23)21-10-4-5-15(12-21)18(24)25/h14-15H,4-13H2,1-3H3,(H,24,25). The van der Waals surface area contributed by atoms with E-state index in [1.807, 2.05) is 0 Å². The molecule has 1 unspecified atom stereocenters. The molecule has 1 N–H and O–H groups in total. The molecular formula is C19H32N2O4. The van der Waals surface area contributed by atoms with Crippen LogP contribution in [0.2, 0.25) is 0 Å². The third-order valence-electron chi connectivity index (χ3n) is 5.84. The van der Waals surface area contributed by atoms with Gasteiger partial charge in [-0.2, -0.15) is 0 Å². The van der Waals surface area contributed by atoms with Crippen LogP contribution in [-0.2, 0) is 14.4 Å². The summed E-state index contributed by atoms with van der Waals surface area (Å²) in [4.78, 5) is 39.0. The summed E-state index contributed by atoms with van der Waals surface area (Å²) >= 11 is 0. The summed E-state index contributed by atoms with van der Waals surface area (Å²) in [5.41, 5.74) is 0.385. The predicted molar refractivity (Wildman–Crippen MR) is 94.9 cm³/mol. The number of hydrogen-bond donors (Lipinski definition) is 1. The lowest BCUT2D eigenvalue weighted by Crippen LogP contribution is -2.47. The minimum Gasteiger partial charge on any atom is -0.481 e.